The van der Waals surface area contributed by atoms with Gasteiger partial charge in [0.1, 0.15) is 0 Å². The molecule has 1 aromatic carbocycles. The number of nitrogens with one attached hydrogen (secondary N) is 1. The highest BCUT2D eigenvalue weighted by Crippen LogP contribution is 2.33. The second-order valence-corrected chi connectivity index (χ2v) is 2.99. The summed E-state index contributed by atoms with van der Waals surface area (Å²) < 4.78 is 0. The smallest absolute Gasteiger partial charge is 0.209 e. The summed E-state index contributed by atoms with van der Waals surface area (Å²) in [4.78, 5) is 13.9. The third-order valence-corrected chi connectivity index (χ3v) is 2.31. The van der Waals surface area contributed by atoms with E-state index in [2.05, 4.69) is 9.93 Å². The van der Waals surface area contributed by atoms with Crippen LogP contribution >= 0.6 is 11.9 Å². The minimum absolute atomic E-state index is 0.880. The van der Waals surface area contributed by atoms with Crippen LogP contribution in [0.2, 0.25) is 0 Å². The maximum atomic E-state index is 9.99. The Morgan fingerprint density at radius 1 is 1.50 bits per heavy atom. The zero-order valence-electron chi connectivity index (χ0n) is 6.02. The molecule has 0 saturated carbocycles. The van der Waals surface area contributed by atoms with Gasteiger partial charge in [0.2, 0.25) is 0 Å². The molecule has 1 aromatic rings. The van der Waals surface area contributed by atoms with Gasteiger partial charge in [-0.2, -0.15) is 9.95 Å². The van der Waals surface area contributed by atoms with E-state index in [0.29, 0.717) is 0 Å². The number of hydrogen-bond acceptors (Lipinski definition) is 5. The zero-order chi connectivity index (χ0) is 8.39. The van der Waals surface area contributed by atoms with Gasteiger partial charge in [0.05, 0.1) is 10.6 Å². The predicted octanol–water partition coefficient (Wildman–Crippen LogP) is 1.27. The van der Waals surface area contributed by atoms with Crippen molar-refractivity contribution in [3.63, 3.8) is 0 Å². The molecule has 0 unspecified atom stereocenters. The Balaban J connectivity index is 2.42. The summed E-state index contributed by atoms with van der Waals surface area (Å²) in [6.45, 7) is 0. The van der Waals surface area contributed by atoms with Crippen molar-refractivity contribution in [1.82, 2.24) is 4.83 Å². The number of carbonyl (C=O) groups excluding carboxylic acids is 1. The number of hydrazine groups is 1. The van der Waals surface area contributed by atoms with Gasteiger partial charge in [-0.3, -0.25) is 0 Å². The first-order chi connectivity index (χ1) is 5.92. The highest BCUT2D eigenvalue weighted by Gasteiger charge is 2.17. The van der Waals surface area contributed by atoms with Crippen LogP contribution in [0.15, 0.2) is 34.3 Å². The van der Waals surface area contributed by atoms with Crippen molar-refractivity contribution in [2.24, 2.45) is 5.10 Å². The predicted molar refractivity (Wildman–Crippen MR) is 46.0 cm³/mol. The van der Waals surface area contributed by atoms with Gasteiger partial charge in [-0.25, -0.2) is 4.79 Å². The van der Waals surface area contributed by atoms with E-state index < -0.39 is 0 Å². The van der Waals surface area contributed by atoms with E-state index in [0.717, 1.165) is 10.6 Å². The Hall–Kier alpha value is -1.29. The molecule has 1 N–H and O–H groups in total. The van der Waals surface area contributed by atoms with E-state index >= 15 is 0 Å². The molecule has 12 heavy (non-hydrogen) atoms. The maximum Gasteiger partial charge on any atom is 0.259 e. The van der Waals surface area contributed by atoms with Crippen molar-refractivity contribution in [3.8, 4) is 0 Å². The average Bonchev–Trinajstić information content (AvgIpc) is 2.50. The van der Waals surface area contributed by atoms with Gasteiger partial charge in [-0.15, -0.1) is 0 Å². The molecule has 0 spiro atoms. The lowest BCUT2D eigenvalue weighted by atomic mass is 10.3. The van der Waals surface area contributed by atoms with Gasteiger partial charge in [-0.1, -0.05) is 17.2 Å². The summed E-state index contributed by atoms with van der Waals surface area (Å²) in [6, 6.07) is 7.65. The van der Waals surface area contributed by atoms with Crippen molar-refractivity contribution in [3.05, 3.63) is 24.3 Å². The highest BCUT2D eigenvalue weighted by atomic mass is 32.2. The Morgan fingerprint density at radius 2 is 2.33 bits per heavy atom. The van der Waals surface area contributed by atoms with Crippen LogP contribution in [-0.2, 0) is 4.79 Å². The van der Waals surface area contributed by atoms with Gasteiger partial charge in [0, 0.05) is 0 Å². The molecule has 1 aliphatic rings. The fraction of sp³-hybridized carbons (Fsp3) is 0. The number of fused-ring (bicyclic) bond motifs is 1. The molecule has 0 atom stereocenters. The summed E-state index contributed by atoms with van der Waals surface area (Å²) in [5.41, 5.74) is 0.880. The molecule has 0 aliphatic carbocycles. The van der Waals surface area contributed by atoms with E-state index in [4.69, 9.17) is 0 Å². The summed E-state index contributed by atoms with van der Waals surface area (Å²) in [7, 11) is 0. The normalized spacial score (nSPS) is 13.8. The van der Waals surface area contributed by atoms with Gasteiger partial charge in [0.25, 0.3) is 6.08 Å². The van der Waals surface area contributed by atoms with Crippen molar-refractivity contribution < 1.29 is 4.79 Å². The van der Waals surface area contributed by atoms with E-state index in [1.165, 1.54) is 23.1 Å². The number of nitrogens with zero attached hydrogens (tertiary/aromatic N) is 2. The van der Waals surface area contributed by atoms with E-state index in [-0.39, 0.29) is 0 Å². The molecule has 1 aliphatic heterocycles. The maximum absolute atomic E-state index is 9.99. The Morgan fingerprint density at radius 3 is 3.17 bits per heavy atom. The van der Waals surface area contributed by atoms with Gasteiger partial charge in [-0.05, 0) is 24.1 Å². The van der Waals surface area contributed by atoms with Crippen LogP contribution in [0, 0.1) is 0 Å². The SMILES string of the molecule is O=C=NN1NSc2ccccc21. The number of para-hydroxylation sites is 1. The van der Waals surface area contributed by atoms with Crippen molar-refractivity contribution >= 4 is 23.7 Å². The molecule has 4 nitrogen and oxygen atoms in total. The third-order valence-electron chi connectivity index (χ3n) is 1.48. The number of hydrazone groups is 1. The van der Waals surface area contributed by atoms with Crippen molar-refractivity contribution in [2.75, 3.05) is 5.12 Å². The molecular weight excluding hydrogens is 174 g/mol. The third kappa shape index (κ3) is 1.10. The average molecular weight is 179 g/mol. The second kappa shape index (κ2) is 2.98. The molecular formula is C7H5N3OS. The summed E-state index contributed by atoms with van der Waals surface area (Å²) >= 11 is 1.42. The van der Waals surface area contributed by atoms with Gasteiger partial charge >= 0.3 is 0 Å². The molecule has 5 heteroatoms. The lowest BCUT2D eigenvalue weighted by Gasteiger charge is -2.06. The molecule has 0 aromatic heterocycles. The Labute approximate surface area is 73.4 Å². The molecule has 0 radical (unpaired) electrons. The molecule has 2 rings (SSSR count). The van der Waals surface area contributed by atoms with Crippen LogP contribution in [0.3, 0.4) is 0 Å². The van der Waals surface area contributed by atoms with Crippen LogP contribution in [-0.4, -0.2) is 6.08 Å². The standard InChI is InChI=1S/C7H5N3OS/c11-5-8-10-6-3-1-2-4-7(6)12-9-10/h1-4,9H. The van der Waals surface area contributed by atoms with Crippen molar-refractivity contribution in [2.45, 2.75) is 4.90 Å². The minimum Gasteiger partial charge on any atom is -0.209 e. The summed E-state index contributed by atoms with van der Waals surface area (Å²) in [5.74, 6) is 0. The fourth-order valence-corrected chi connectivity index (χ4v) is 1.70. The lowest BCUT2D eigenvalue weighted by molar-refractivity contribution is 0.561. The number of rotatable bonds is 1. The van der Waals surface area contributed by atoms with Gasteiger partial charge in [0.15, 0.2) is 0 Å². The van der Waals surface area contributed by atoms with Crippen LogP contribution < -0.4 is 9.95 Å². The molecule has 0 fully saturated rings. The number of hydrogen-bond donors (Lipinski definition) is 1. The van der Waals surface area contributed by atoms with Crippen LogP contribution in [0.1, 0.15) is 0 Å². The molecule has 1 heterocycles. The Kier molecular flexibility index (Phi) is 1.83. The van der Waals surface area contributed by atoms with Crippen LogP contribution in [0.4, 0.5) is 5.69 Å². The number of benzene rings is 1. The minimum atomic E-state index is 0.880. The van der Waals surface area contributed by atoms with Crippen LogP contribution in [0.5, 0.6) is 0 Å². The lowest BCUT2D eigenvalue weighted by Crippen LogP contribution is -2.21. The second-order valence-electron chi connectivity index (χ2n) is 2.16. The molecule has 0 saturated heterocycles. The van der Waals surface area contributed by atoms with Crippen molar-refractivity contribution in [1.29, 1.82) is 0 Å². The molecule has 60 valence electrons. The molecule has 0 amide bonds. The largest absolute Gasteiger partial charge is 0.259 e. The van der Waals surface area contributed by atoms with E-state index in [1.807, 2.05) is 24.3 Å². The summed E-state index contributed by atoms with van der Waals surface area (Å²) in [6.07, 6.45) is 1.48. The first-order valence-corrected chi connectivity index (χ1v) is 4.13. The highest BCUT2D eigenvalue weighted by molar-refractivity contribution is 7.98. The summed E-state index contributed by atoms with van der Waals surface area (Å²) in [5, 5.41) is 4.86. The first-order valence-electron chi connectivity index (χ1n) is 3.31. The quantitative estimate of drug-likeness (QED) is 0.400. The number of isocyanates is 1. The van der Waals surface area contributed by atoms with E-state index in [1.54, 1.807) is 0 Å². The molecule has 0 bridgehead atoms. The Bertz CT molecular complexity index is 348. The van der Waals surface area contributed by atoms with Crippen LogP contribution in [0.25, 0.3) is 0 Å². The first kappa shape index (κ1) is 7.36. The monoisotopic (exact) mass is 179 g/mol. The fourth-order valence-electron chi connectivity index (χ4n) is 0.975. The topological polar surface area (TPSA) is 44.7 Å². The zero-order valence-corrected chi connectivity index (χ0v) is 6.84. The number of anilines is 1. The van der Waals surface area contributed by atoms with E-state index in [9.17, 15) is 4.79 Å². The van der Waals surface area contributed by atoms with Gasteiger partial charge < -0.3 is 0 Å².